The van der Waals surface area contributed by atoms with Crippen molar-refractivity contribution in [3.63, 3.8) is 0 Å². The van der Waals surface area contributed by atoms with Crippen LogP contribution in [0.1, 0.15) is 33.1 Å². The fourth-order valence-electron chi connectivity index (χ4n) is 5.31. The van der Waals surface area contributed by atoms with Gasteiger partial charge in [0.15, 0.2) is 0 Å². The first-order valence-corrected chi connectivity index (χ1v) is 13.2. The van der Waals surface area contributed by atoms with E-state index in [9.17, 15) is 9.59 Å². The monoisotopic (exact) mass is 515 g/mol. The topological polar surface area (TPSA) is 74.4 Å². The second-order valence-corrected chi connectivity index (χ2v) is 9.66. The summed E-state index contributed by atoms with van der Waals surface area (Å²) in [6.07, 6.45) is 3.25. The fourth-order valence-corrected chi connectivity index (χ4v) is 5.31. The van der Waals surface area contributed by atoms with E-state index in [4.69, 9.17) is 4.74 Å². The molecule has 0 fully saturated rings. The van der Waals surface area contributed by atoms with Crippen molar-refractivity contribution in [2.75, 3.05) is 13.1 Å². The van der Waals surface area contributed by atoms with Gasteiger partial charge in [-0.05, 0) is 59.9 Å². The quantitative estimate of drug-likeness (QED) is 0.251. The normalized spacial score (nSPS) is 14.4. The van der Waals surface area contributed by atoms with Crippen LogP contribution in [0.5, 0.6) is 11.5 Å². The van der Waals surface area contributed by atoms with Crippen molar-refractivity contribution in [3.8, 4) is 11.5 Å². The lowest BCUT2D eigenvalue weighted by molar-refractivity contribution is -0.125. The SMILES string of the molecule is O=C(NCCc1c[nH]c2ccccc12)C1c2ccccc2C(=O)N1CCc1ccccc1Oc1ccccc1. The Kier molecular flexibility index (Phi) is 6.83. The predicted octanol–water partition coefficient (Wildman–Crippen LogP) is 6.06. The number of aromatic nitrogens is 1. The molecule has 6 heteroatoms. The molecule has 1 aliphatic rings. The molecule has 1 unspecified atom stereocenters. The number of fused-ring (bicyclic) bond motifs is 2. The molecule has 6 rings (SSSR count). The first kappa shape index (κ1) is 24.5. The summed E-state index contributed by atoms with van der Waals surface area (Å²) in [5.41, 5.74) is 4.55. The highest BCUT2D eigenvalue weighted by Crippen LogP contribution is 2.34. The average Bonchev–Trinajstić information content (AvgIpc) is 3.51. The van der Waals surface area contributed by atoms with Crippen LogP contribution in [-0.4, -0.2) is 34.8 Å². The van der Waals surface area contributed by atoms with E-state index in [0.717, 1.165) is 39.1 Å². The maximum Gasteiger partial charge on any atom is 0.255 e. The summed E-state index contributed by atoms with van der Waals surface area (Å²) in [5.74, 6) is 1.21. The maximum absolute atomic E-state index is 13.5. The minimum Gasteiger partial charge on any atom is -0.457 e. The van der Waals surface area contributed by atoms with Crippen LogP contribution < -0.4 is 10.1 Å². The molecule has 2 amide bonds. The number of nitrogens with zero attached hydrogens (tertiary/aromatic N) is 1. The van der Waals surface area contributed by atoms with E-state index in [2.05, 4.69) is 16.4 Å². The van der Waals surface area contributed by atoms with Crippen LogP contribution in [0.2, 0.25) is 0 Å². The summed E-state index contributed by atoms with van der Waals surface area (Å²) in [4.78, 5) is 31.9. The minimum absolute atomic E-state index is 0.121. The van der Waals surface area contributed by atoms with Gasteiger partial charge in [-0.2, -0.15) is 0 Å². The lowest BCUT2D eigenvalue weighted by atomic mass is 10.0. The number of para-hydroxylation sites is 3. The Labute approximate surface area is 227 Å². The molecule has 39 heavy (non-hydrogen) atoms. The van der Waals surface area contributed by atoms with E-state index in [1.54, 1.807) is 11.0 Å². The number of amides is 2. The molecular formula is C33H29N3O3. The molecule has 0 radical (unpaired) electrons. The van der Waals surface area contributed by atoms with Crippen LogP contribution in [0.15, 0.2) is 109 Å². The third-order valence-corrected chi connectivity index (χ3v) is 7.24. The number of hydrogen-bond donors (Lipinski definition) is 2. The molecule has 194 valence electrons. The first-order valence-electron chi connectivity index (χ1n) is 13.2. The minimum atomic E-state index is -0.668. The van der Waals surface area contributed by atoms with E-state index in [1.807, 2.05) is 97.2 Å². The molecule has 0 saturated carbocycles. The summed E-state index contributed by atoms with van der Waals surface area (Å²) < 4.78 is 6.12. The summed E-state index contributed by atoms with van der Waals surface area (Å²) >= 11 is 0. The molecule has 4 aromatic carbocycles. The van der Waals surface area contributed by atoms with Gasteiger partial charge in [-0.1, -0.05) is 72.8 Å². The second kappa shape index (κ2) is 10.9. The van der Waals surface area contributed by atoms with Gasteiger partial charge in [0, 0.05) is 35.8 Å². The van der Waals surface area contributed by atoms with E-state index in [-0.39, 0.29) is 11.8 Å². The smallest absolute Gasteiger partial charge is 0.255 e. The van der Waals surface area contributed by atoms with E-state index in [1.165, 1.54) is 0 Å². The summed E-state index contributed by atoms with van der Waals surface area (Å²) in [5, 5.41) is 4.25. The summed E-state index contributed by atoms with van der Waals surface area (Å²) in [6, 6.07) is 32.3. The Bertz CT molecular complexity index is 1630. The van der Waals surface area contributed by atoms with Gasteiger partial charge in [0.05, 0.1) is 0 Å². The number of benzene rings is 4. The molecule has 0 saturated heterocycles. The van der Waals surface area contributed by atoms with Crippen LogP contribution in [-0.2, 0) is 17.6 Å². The number of rotatable bonds is 9. The molecule has 1 aliphatic heterocycles. The van der Waals surface area contributed by atoms with Gasteiger partial charge in [-0.25, -0.2) is 0 Å². The Morgan fingerprint density at radius 1 is 0.821 bits per heavy atom. The zero-order chi connectivity index (χ0) is 26.6. The van der Waals surface area contributed by atoms with E-state index < -0.39 is 6.04 Å². The number of carbonyl (C=O) groups excluding carboxylic acids is 2. The number of ether oxygens (including phenoxy) is 1. The molecule has 6 nitrogen and oxygen atoms in total. The highest BCUT2D eigenvalue weighted by Gasteiger charge is 2.40. The van der Waals surface area contributed by atoms with Crippen LogP contribution in [0.25, 0.3) is 10.9 Å². The van der Waals surface area contributed by atoms with Gasteiger partial charge >= 0.3 is 0 Å². The molecule has 1 aromatic heterocycles. The van der Waals surface area contributed by atoms with Crippen LogP contribution >= 0.6 is 0 Å². The Hall–Kier alpha value is -4.84. The van der Waals surface area contributed by atoms with Gasteiger partial charge in [0.2, 0.25) is 5.91 Å². The van der Waals surface area contributed by atoms with Gasteiger partial charge in [0.1, 0.15) is 17.5 Å². The molecule has 1 atom stereocenters. The highest BCUT2D eigenvalue weighted by atomic mass is 16.5. The largest absolute Gasteiger partial charge is 0.457 e. The van der Waals surface area contributed by atoms with Crippen molar-refractivity contribution in [3.05, 3.63) is 132 Å². The number of carbonyl (C=O) groups is 2. The van der Waals surface area contributed by atoms with E-state index in [0.29, 0.717) is 31.5 Å². The molecule has 0 bridgehead atoms. The Balaban J connectivity index is 1.17. The van der Waals surface area contributed by atoms with Crippen molar-refractivity contribution < 1.29 is 14.3 Å². The van der Waals surface area contributed by atoms with Crippen molar-refractivity contribution in [1.29, 1.82) is 0 Å². The third-order valence-electron chi connectivity index (χ3n) is 7.24. The number of hydrogen-bond acceptors (Lipinski definition) is 3. The highest BCUT2D eigenvalue weighted by molar-refractivity contribution is 6.04. The number of aromatic amines is 1. The third kappa shape index (κ3) is 5.01. The lowest BCUT2D eigenvalue weighted by Gasteiger charge is -2.25. The lowest BCUT2D eigenvalue weighted by Crippen LogP contribution is -2.40. The van der Waals surface area contributed by atoms with Gasteiger partial charge in [0.25, 0.3) is 5.91 Å². The van der Waals surface area contributed by atoms with Gasteiger partial charge < -0.3 is 19.9 Å². The molecular weight excluding hydrogens is 486 g/mol. The molecule has 0 spiro atoms. The van der Waals surface area contributed by atoms with Crippen molar-refractivity contribution in [2.24, 2.45) is 0 Å². The molecule has 5 aromatic rings. The standard InChI is InChI=1S/C33H29N3O3/c37-32(34-20-18-24-22-35-29-16-8-7-13-26(24)29)31-27-14-5-6-15-28(27)33(38)36(31)21-19-23-10-4-9-17-30(23)39-25-11-2-1-3-12-25/h1-17,22,31,35H,18-21H2,(H,34,37). The predicted molar refractivity (Wildman–Crippen MR) is 152 cm³/mol. The van der Waals surface area contributed by atoms with Crippen molar-refractivity contribution >= 4 is 22.7 Å². The number of nitrogens with one attached hydrogen (secondary N) is 2. The molecule has 0 aliphatic carbocycles. The maximum atomic E-state index is 13.5. The second-order valence-electron chi connectivity index (χ2n) is 9.66. The summed E-state index contributed by atoms with van der Waals surface area (Å²) in [7, 11) is 0. The van der Waals surface area contributed by atoms with Gasteiger partial charge in [-0.3, -0.25) is 9.59 Å². The van der Waals surface area contributed by atoms with Gasteiger partial charge in [-0.15, -0.1) is 0 Å². The molecule has 2 heterocycles. The Morgan fingerprint density at radius 3 is 2.46 bits per heavy atom. The molecule has 2 N–H and O–H groups in total. The van der Waals surface area contributed by atoms with E-state index >= 15 is 0 Å². The van der Waals surface area contributed by atoms with Crippen molar-refractivity contribution in [1.82, 2.24) is 15.2 Å². The summed E-state index contributed by atoms with van der Waals surface area (Å²) in [6.45, 7) is 0.873. The van der Waals surface area contributed by atoms with Crippen LogP contribution in [0, 0.1) is 0 Å². The number of H-pyrrole nitrogens is 1. The first-order chi connectivity index (χ1) is 19.2. The van der Waals surface area contributed by atoms with Crippen molar-refractivity contribution in [2.45, 2.75) is 18.9 Å². The van der Waals surface area contributed by atoms with Crippen LogP contribution in [0.3, 0.4) is 0 Å². The zero-order valence-corrected chi connectivity index (χ0v) is 21.5. The average molecular weight is 516 g/mol. The Morgan fingerprint density at radius 2 is 1.56 bits per heavy atom. The zero-order valence-electron chi connectivity index (χ0n) is 21.5. The van der Waals surface area contributed by atoms with Crippen LogP contribution in [0.4, 0.5) is 0 Å². The fraction of sp³-hybridized carbons (Fsp3) is 0.152.